The van der Waals surface area contributed by atoms with E-state index in [1.807, 2.05) is 0 Å². The van der Waals surface area contributed by atoms with Crippen LogP contribution in [0.2, 0.25) is 0 Å². The number of nitrogens with zero attached hydrogens (tertiary/aromatic N) is 2. The van der Waals surface area contributed by atoms with E-state index in [2.05, 4.69) is 16.8 Å². The summed E-state index contributed by atoms with van der Waals surface area (Å²) < 4.78 is 0. The SMILES string of the molecule is C=C/C=N/N=C/C. The molecule has 0 saturated carbocycles. The molecule has 0 aromatic rings. The lowest BCUT2D eigenvalue weighted by molar-refractivity contribution is 1.27. The number of allylic oxidation sites excluding steroid dienone is 1. The highest BCUT2D eigenvalue weighted by Gasteiger charge is 1.52. The minimum atomic E-state index is 1.53. The van der Waals surface area contributed by atoms with Gasteiger partial charge in [-0.05, 0) is 13.0 Å². The lowest BCUT2D eigenvalue weighted by Crippen LogP contribution is -1.58. The lowest BCUT2D eigenvalue weighted by Gasteiger charge is -1.66. The average molecular weight is 96.1 g/mol. The van der Waals surface area contributed by atoms with Gasteiger partial charge in [0.15, 0.2) is 0 Å². The van der Waals surface area contributed by atoms with E-state index in [0.29, 0.717) is 0 Å². The molecule has 0 atom stereocenters. The first kappa shape index (κ1) is 6.08. The van der Waals surface area contributed by atoms with Gasteiger partial charge in [0.05, 0.1) is 0 Å². The van der Waals surface area contributed by atoms with E-state index in [9.17, 15) is 0 Å². The van der Waals surface area contributed by atoms with Crippen molar-refractivity contribution in [3.05, 3.63) is 12.7 Å². The average Bonchev–Trinajstić information content (AvgIpc) is 1.69. The van der Waals surface area contributed by atoms with E-state index < -0.39 is 0 Å². The van der Waals surface area contributed by atoms with Crippen molar-refractivity contribution in [2.45, 2.75) is 6.92 Å². The van der Waals surface area contributed by atoms with Gasteiger partial charge < -0.3 is 0 Å². The summed E-state index contributed by atoms with van der Waals surface area (Å²) in [7, 11) is 0. The molecule has 0 amide bonds. The van der Waals surface area contributed by atoms with Gasteiger partial charge in [-0.1, -0.05) is 6.58 Å². The Morgan fingerprint density at radius 1 is 1.43 bits per heavy atom. The molecular formula is C5H8N2. The van der Waals surface area contributed by atoms with E-state index >= 15 is 0 Å². The van der Waals surface area contributed by atoms with Crippen LogP contribution in [0.1, 0.15) is 6.92 Å². The molecule has 0 N–H and O–H groups in total. The fourth-order valence-electron chi connectivity index (χ4n) is 0.152. The predicted molar refractivity (Wildman–Crippen MR) is 32.9 cm³/mol. The maximum Gasteiger partial charge on any atom is 0.0489 e. The summed E-state index contributed by atoms with van der Waals surface area (Å²) in [6.45, 7) is 5.22. The van der Waals surface area contributed by atoms with Crippen LogP contribution in [0.3, 0.4) is 0 Å². The lowest BCUT2D eigenvalue weighted by atomic mass is 10.7. The molecule has 2 nitrogen and oxygen atoms in total. The maximum atomic E-state index is 3.53. The Labute approximate surface area is 43.3 Å². The second kappa shape index (κ2) is 5.08. The minimum Gasteiger partial charge on any atom is -0.164 e. The molecule has 0 fully saturated rings. The fraction of sp³-hybridized carbons (Fsp3) is 0.200. The zero-order chi connectivity index (χ0) is 5.54. The number of rotatable bonds is 2. The van der Waals surface area contributed by atoms with Crippen LogP contribution < -0.4 is 0 Å². The van der Waals surface area contributed by atoms with Crippen LogP contribution in [0.25, 0.3) is 0 Å². The van der Waals surface area contributed by atoms with Gasteiger partial charge in [0.1, 0.15) is 0 Å². The number of hydrogen-bond acceptors (Lipinski definition) is 2. The van der Waals surface area contributed by atoms with E-state index in [1.165, 1.54) is 6.21 Å². The van der Waals surface area contributed by atoms with Gasteiger partial charge in [-0.25, -0.2) is 0 Å². The van der Waals surface area contributed by atoms with Crippen LogP contribution in [0, 0.1) is 0 Å². The molecule has 0 aliphatic heterocycles. The van der Waals surface area contributed by atoms with Crippen molar-refractivity contribution >= 4 is 12.4 Å². The Kier molecular flexibility index (Phi) is 4.41. The summed E-state index contributed by atoms with van der Waals surface area (Å²) in [5.74, 6) is 0. The Morgan fingerprint density at radius 3 is 2.57 bits per heavy atom. The fourth-order valence-corrected chi connectivity index (χ4v) is 0.152. The van der Waals surface area contributed by atoms with Crippen LogP contribution in [0.15, 0.2) is 22.9 Å². The Bertz CT molecular complexity index is 92.3. The third kappa shape index (κ3) is 5.08. The summed E-state index contributed by atoms with van der Waals surface area (Å²) in [5, 5.41) is 7.07. The van der Waals surface area contributed by atoms with E-state index in [1.54, 1.807) is 19.2 Å². The zero-order valence-electron chi connectivity index (χ0n) is 4.33. The van der Waals surface area contributed by atoms with Crippen molar-refractivity contribution in [3.8, 4) is 0 Å². The van der Waals surface area contributed by atoms with Gasteiger partial charge in [0, 0.05) is 12.4 Å². The third-order valence-corrected chi connectivity index (χ3v) is 0.354. The smallest absolute Gasteiger partial charge is 0.0489 e. The van der Waals surface area contributed by atoms with Crippen LogP contribution >= 0.6 is 0 Å². The molecule has 0 radical (unpaired) electrons. The molecule has 0 rings (SSSR count). The summed E-state index contributed by atoms with van der Waals surface area (Å²) in [6, 6.07) is 0. The maximum absolute atomic E-state index is 3.53. The Morgan fingerprint density at radius 2 is 2.14 bits per heavy atom. The molecule has 38 valence electrons. The van der Waals surface area contributed by atoms with Gasteiger partial charge in [-0.3, -0.25) is 0 Å². The van der Waals surface area contributed by atoms with Gasteiger partial charge in [0.25, 0.3) is 0 Å². The van der Waals surface area contributed by atoms with Gasteiger partial charge in [0.2, 0.25) is 0 Å². The molecule has 2 heteroatoms. The molecular weight excluding hydrogens is 88.1 g/mol. The molecule has 0 aromatic carbocycles. The van der Waals surface area contributed by atoms with Gasteiger partial charge >= 0.3 is 0 Å². The Hall–Kier alpha value is -0.920. The highest BCUT2D eigenvalue weighted by Crippen LogP contribution is 1.63. The first-order valence-corrected chi connectivity index (χ1v) is 2.04. The van der Waals surface area contributed by atoms with Crippen molar-refractivity contribution in [1.82, 2.24) is 0 Å². The standard InChI is InChI=1S/C5H8N2/c1-3-5-7-6-4-2/h3-5H,1H2,2H3/b6-4+,7-5+. The van der Waals surface area contributed by atoms with E-state index in [-0.39, 0.29) is 0 Å². The van der Waals surface area contributed by atoms with E-state index in [4.69, 9.17) is 0 Å². The predicted octanol–water partition coefficient (Wildman–Crippen LogP) is 1.25. The van der Waals surface area contributed by atoms with Crippen LogP contribution in [-0.4, -0.2) is 12.4 Å². The number of hydrogen-bond donors (Lipinski definition) is 0. The minimum absolute atomic E-state index is 1.53. The first-order valence-electron chi connectivity index (χ1n) is 2.04. The molecule has 7 heavy (non-hydrogen) atoms. The van der Waals surface area contributed by atoms with Crippen molar-refractivity contribution in [2.75, 3.05) is 0 Å². The zero-order valence-corrected chi connectivity index (χ0v) is 4.33. The second-order valence-electron chi connectivity index (χ2n) is 0.874. The van der Waals surface area contributed by atoms with Crippen LogP contribution in [-0.2, 0) is 0 Å². The summed E-state index contributed by atoms with van der Waals surface area (Å²) in [4.78, 5) is 0. The van der Waals surface area contributed by atoms with Crippen LogP contribution in [0.4, 0.5) is 0 Å². The van der Waals surface area contributed by atoms with Gasteiger partial charge in [-0.2, -0.15) is 10.2 Å². The summed E-state index contributed by atoms with van der Waals surface area (Å²) >= 11 is 0. The van der Waals surface area contributed by atoms with Crippen molar-refractivity contribution in [1.29, 1.82) is 0 Å². The van der Waals surface area contributed by atoms with Crippen molar-refractivity contribution < 1.29 is 0 Å². The summed E-state index contributed by atoms with van der Waals surface area (Å²) in [6.07, 6.45) is 4.72. The van der Waals surface area contributed by atoms with E-state index in [0.717, 1.165) is 0 Å². The molecule has 0 aliphatic carbocycles. The molecule has 0 bridgehead atoms. The normalized spacial score (nSPS) is 11.0. The molecule has 0 aliphatic rings. The first-order chi connectivity index (χ1) is 3.41. The van der Waals surface area contributed by atoms with Crippen LogP contribution in [0.5, 0.6) is 0 Å². The molecule has 0 unspecified atom stereocenters. The highest BCUT2D eigenvalue weighted by molar-refractivity contribution is 5.70. The second-order valence-corrected chi connectivity index (χ2v) is 0.874. The molecule has 0 spiro atoms. The largest absolute Gasteiger partial charge is 0.164 e. The molecule has 0 aromatic heterocycles. The topological polar surface area (TPSA) is 24.7 Å². The molecule has 0 heterocycles. The van der Waals surface area contributed by atoms with Crippen molar-refractivity contribution in [3.63, 3.8) is 0 Å². The van der Waals surface area contributed by atoms with Gasteiger partial charge in [-0.15, -0.1) is 0 Å². The monoisotopic (exact) mass is 96.1 g/mol. The third-order valence-electron chi connectivity index (χ3n) is 0.354. The highest BCUT2D eigenvalue weighted by atomic mass is 15.2. The Balaban J connectivity index is 3.27. The summed E-state index contributed by atoms with van der Waals surface area (Å²) in [5.41, 5.74) is 0. The molecule has 0 saturated heterocycles. The quantitative estimate of drug-likeness (QED) is 0.365. The van der Waals surface area contributed by atoms with Crippen molar-refractivity contribution in [2.24, 2.45) is 10.2 Å².